The molecule has 1 N–H and O–H groups in total. The number of carbonyl (C=O) groups excluding carboxylic acids is 2. The Kier molecular flexibility index (Phi) is 6.63. The number of halogens is 1. The van der Waals surface area contributed by atoms with Crippen molar-refractivity contribution in [2.45, 2.75) is 33.7 Å². The Morgan fingerprint density at radius 3 is 2.58 bits per heavy atom. The third kappa shape index (κ3) is 4.98. The van der Waals surface area contributed by atoms with Crippen molar-refractivity contribution in [1.29, 1.82) is 0 Å². The van der Waals surface area contributed by atoms with Crippen molar-refractivity contribution < 1.29 is 14.0 Å². The maximum absolute atomic E-state index is 14.0. The monoisotopic (exact) mass is 375 g/mol. The van der Waals surface area contributed by atoms with Crippen LogP contribution in [0.5, 0.6) is 0 Å². The number of benzene rings is 1. The third-order valence-electron chi connectivity index (χ3n) is 3.88. The topological polar surface area (TPSA) is 62.3 Å². The van der Waals surface area contributed by atoms with Crippen LogP contribution in [-0.2, 0) is 9.59 Å². The first-order valence-electron chi connectivity index (χ1n) is 8.29. The number of rotatable bonds is 6. The Morgan fingerprint density at radius 1 is 1.27 bits per heavy atom. The lowest BCUT2D eigenvalue weighted by Crippen LogP contribution is -2.34. The molecule has 0 bridgehead atoms. The Hall–Kier alpha value is -2.54. The number of nitrogens with one attached hydrogen (secondary N) is 1. The number of thiazole rings is 1. The molecule has 1 aromatic heterocycles. The minimum absolute atomic E-state index is 0.0624. The van der Waals surface area contributed by atoms with Crippen LogP contribution in [0.2, 0.25) is 0 Å². The zero-order chi connectivity index (χ0) is 19.3. The molecule has 1 heterocycles. The molecule has 0 radical (unpaired) electrons. The molecule has 138 valence electrons. The van der Waals surface area contributed by atoms with Crippen LogP contribution in [0.15, 0.2) is 35.7 Å². The summed E-state index contributed by atoms with van der Waals surface area (Å²) in [7, 11) is 0. The van der Waals surface area contributed by atoms with Gasteiger partial charge < -0.3 is 5.32 Å². The first-order valence-corrected chi connectivity index (χ1v) is 9.17. The highest BCUT2D eigenvalue weighted by Crippen LogP contribution is 2.30. The number of hydrogen-bond acceptors (Lipinski definition) is 4. The fourth-order valence-corrected chi connectivity index (χ4v) is 2.94. The van der Waals surface area contributed by atoms with Gasteiger partial charge in [-0.3, -0.25) is 14.5 Å². The SMILES string of the molecule is CC(=O)N(c1nc(/C=C/C(=O)NC(C)C(C)C)cs1)c1ccccc1F. The molecular weight excluding hydrogens is 353 g/mol. The van der Waals surface area contributed by atoms with Gasteiger partial charge in [-0.25, -0.2) is 9.37 Å². The van der Waals surface area contributed by atoms with Gasteiger partial charge in [-0.2, -0.15) is 0 Å². The summed E-state index contributed by atoms with van der Waals surface area (Å²) in [6.07, 6.45) is 2.97. The van der Waals surface area contributed by atoms with Gasteiger partial charge in [-0.05, 0) is 31.1 Å². The molecule has 2 aromatic rings. The predicted octanol–water partition coefficient (Wildman–Crippen LogP) is 4.14. The van der Waals surface area contributed by atoms with Gasteiger partial charge in [-0.15, -0.1) is 11.3 Å². The van der Waals surface area contributed by atoms with E-state index >= 15 is 0 Å². The number of para-hydroxylation sites is 1. The Morgan fingerprint density at radius 2 is 1.96 bits per heavy atom. The van der Waals surface area contributed by atoms with E-state index in [1.54, 1.807) is 23.6 Å². The minimum atomic E-state index is -0.503. The molecule has 0 aliphatic carbocycles. The van der Waals surface area contributed by atoms with E-state index in [2.05, 4.69) is 10.3 Å². The number of aromatic nitrogens is 1. The molecule has 0 fully saturated rings. The van der Waals surface area contributed by atoms with Crippen LogP contribution in [0.3, 0.4) is 0 Å². The highest BCUT2D eigenvalue weighted by molar-refractivity contribution is 7.14. The normalized spacial score (nSPS) is 12.4. The standard InChI is InChI=1S/C19H22FN3O2S/c1-12(2)13(3)21-18(25)10-9-15-11-26-19(22-15)23(14(4)24)17-8-6-5-7-16(17)20/h5-13H,1-4H3,(H,21,25)/b10-9+. The van der Waals surface area contributed by atoms with Crippen LogP contribution in [0, 0.1) is 11.7 Å². The fourth-order valence-electron chi connectivity index (χ4n) is 2.10. The highest BCUT2D eigenvalue weighted by atomic mass is 32.1. The summed E-state index contributed by atoms with van der Waals surface area (Å²) in [4.78, 5) is 29.5. The van der Waals surface area contributed by atoms with Gasteiger partial charge in [0.05, 0.1) is 11.4 Å². The lowest BCUT2D eigenvalue weighted by Gasteiger charge is -2.18. The van der Waals surface area contributed by atoms with Crippen LogP contribution in [0.1, 0.15) is 33.4 Å². The highest BCUT2D eigenvalue weighted by Gasteiger charge is 2.20. The molecule has 7 heteroatoms. The van der Waals surface area contributed by atoms with E-state index in [-0.39, 0.29) is 23.5 Å². The largest absolute Gasteiger partial charge is 0.350 e. The van der Waals surface area contributed by atoms with Crippen molar-refractivity contribution in [3.8, 4) is 0 Å². The molecule has 1 atom stereocenters. The third-order valence-corrected chi connectivity index (χ3v) is 4.73. The van der Waals surface area contributed by atoms with E-state index in [9.17, 15) is 14.0 Å². The Balaban J connectivity index is 2.17. The summed E-state index contributed by atoms with van der Waals surface area (Å²) in [5.74, 6) is -0.720. The number of carbonyl (C=O) groups is 2. The van der Waals surface area contributed by atoms with Gasteiger partial charge in [0.2, 0.25) is 11.8 Å². The first kappa shape index (κ1) is 19.8. The maximum Gasteiger partial charge on any atom is 0.244 e. The lowest BCUT2D eigenvalue weighted by atomic mass is 10.1. The van der Waals surface area contributed by atoms with Crippen LogP contribution in [-0.4, -0.2) is 22.8 Å². The molecule has 0 aliphatic rings. The van der Waals surface area contributed by atoms with E-state index in [4.69, 9.17) is 0 Å². The molecule has 0 aliphatic heterocycles. The zero-order valence-corrected chi connectivity index (χ0v) is 16.0. The zero-order valence-electron chi connectivity index (χ0n) is 15.2. The van der Waals surface area contributed by atoms with E-state index in [0.29, 0.717) is 16.7 Å². The van der Waals surface area contributed by atoms with Gasteiger partial charge in [-0.1, -0.05) is 26.0 Å². The van der Waals surface area contributed by atoms with Crippen molar-refractivity contribution in [1.82, 2.24) is 10.3 Å². The second-order valence-electron chi connectivity index (χ2n) is 6.24. The van der Waals surface area contributed by atoms with Gasteiger partial charge >= 0.3 is 0 Å². The molecule has 2 rings (SSSR count). The number of hydrogen-bond donors (Lipinski definition) is 1. The summed E-state index contributed by atoms with van der Waals surface area (Å²) < 4.78 is 14.0. The molecule has 5 nitrogen and oxygen atoms in total. The Bertz CT molecular complexity index is 817. The molecule has 0 saturated carbocycles. The second-order valence-corrected chi connectivity index (χ2v) is 7.07. The van der Waals surface area contributed by atoms with Crippen molar-refractivity contribution >= 4 is 40.0 Å². The number of anilines is 2. The van der Waals surface area contributed by atoms with Crippen molar-refractivity contribution in [3.63, 3.8) is 0 Å². The van der Waals surface area contributed by atoms with Crippen LogP contribution in [0.25, 0.3) is 6.08 Å². The average Bonchev–Trinajstić information content (AvgIpc) is 3.03. The number of amides is 2. The number of nitrogens with zero attached hydrogens (tertiary/aromatic N) is 2. The van der Waals surface area contributed by atoms with E-state index in [1.807, 2.05) is 20.8 Å². The van der Waals surface area contributed by atoms with Gasteiger partial charge in [0, 0.05) is 24.4 Å². The molecule has 0 saturated heterocycles. The summed E-state index contributed by atoms with van der Waals surface area (Å²) >= 11 is 1.20. The summed E-state index contributed by atoms with van der Waals surface area (Å²) in [6, 6.07) is 6.09. The quantitative estimate of drug-likeness (QED) is 0.772. The fraction of sp³-hybridized carbons (Fsp3) is 0.316. The second kappa shape index (κ2) is 8.71. The van der Waals surface area contributed by atoms with Gasteiger partial charge in [0.1, 0.15) is 5.82 Å². The van der Waals surface area contributed by atoms with Crippen LogP contribution in [0.4, 0.5) is 15.2 Å². The van der Waals surface area contributed by atoms with E-state index in [0.717, 1.165) is 0 Å². The van der Waals surface area contributed by atoms with Crippen molar-refractivity contribution in [2.75, 3.05) is 4.90 Å². The summed E-state index contributed by atoms with van der Waals surface area (Å²) in [6.45, 7) is 7.35. The molecule has 26 heavy (non-hydrogen) atoms. The Labute approximate surface area is 156 Å². The van der Waals surface area contributed by atoms with Crippen molar-refractivity contribution in [3.05, 3.63) is 47.2 Å². The van der Waals surface area contributed by atoms with E-state index < -0.39 is 5.82 Å². The van der Waals surface area contributed by atoms with Crippen LogP contribution >= 0.6 is 11.3 Å². The first-order chi connectivity index (χ1) is 12.3. The van der Waals surface area contributed by atoms with Crippen LogP contribution < -0.4 is 10.2 Å². The summed E-state index contributed by atoms with van der Waals surface area (Å²) in [5.41, 5.74) is 0.674. The smallest absolute Gasteiger partial charge is 0.244 e. The average molecular weight is 375 g/mol. The summed E-state index contributed by atoms with van der Waals surface area (Å²) in [5, 5.41) is 4.92. The molecule has 1 aromatic carbocycles. The minimum Gasteiger partial charge on any atom is -0.350 e. The van der Waals surface area contributed by atoms with Gasteiger partial charge in [0.15, 0.2) is 5.13 Å². The molecule has 1 unspecified atom stereocenters. The maximum atomic E-state index is 14.0. The van der Waals surface area contributed by atoms with Gasteiger partial charge in [0.25, 0.3) is 0 Å². The molecule has 0 spiro atoms. The lowest BCUT2D eigenvalue weighted by molar-refractivity contribution is -0.117. The van der Waals surface area contributed by atoms with E-state index in [1.165, 1.54) is 41.4 Å². The predicted molar refractivity (Wildman–Crippen MR) is 103 cm³/mol. The molecular formula is C19H22FN3O2S. The molecule has 2 amide bonds. The van der Waals surface area contributed by atoms with Crippen molar-refractivity contribution in [2.24, 2.45) is 5.92 Å².